The van der Waals surface area contributed by atoms with Crippen molar-refractivity contribution in [3.8, 4) is 0 Å². The highest BCUT2D eigenvalue weighted by Gasteiger charge is 2.19. The summed E-state index contributed by atoms with van der Waals surface area (Å²) in [6, 6.07) is 24.3. The van der Waals surface area contributed by atoms with E-state index in [1.165, 1.54) is 0 Å². The molecule has 0 saturated heterocycles. The first-order valence-electron chi connectivity index (χ1n) is 9.40. The quantitative estimate of drug-likeness (QED) is 0.610. The van der Waals surface area contributed by atoms with E-state index in [2.05, 4.69) is 10.6 Å². The molecular formula is C24H24N2O2. The summed E-state index contributed by atoms with van der Waals surface area (Å²) in [5.74, 6) is -0.521. The van der Waals surface area contributed by atoms with E-state index in [1.807, 2.05) is 68.4 Å². The minimum Gasteiger partial charge on any atom is -0.326 e. The van der Waals surface area contributed by atoms with E-state index in [0.717, 1.165) is 16.8 Å². The first-order chi connectivity index (χ1) is 13.6. The average Bonchev–Trinajstić information content (AvgIpc) is 2.69. The van der Waals surface area contributed by atoms with Crippen LogP contribution in [-0.4, -0.2) is 11.8 Å². The number of hydrogen-bond acceptors (Lipinski definition) is 2. The molecule has 0 unspecified atom stereocenters. The second kappa shape index (κ2) is 9.00. The highest BCUT2D eigenvalue weighted by molar-refractivity contribution is 6.05. The van der Waals surface area contributed by atoms with Crippen LogP contribution in [0.1, 0.15) is 40.7 Å². The van der Waals surface area contributed by atoms with Crippen LogP contribution in [0.25, 0.3) is 0 Å². The van der Waals surface area contributed by atoms with Gasteiger partial charge >= 0.3 is 0 Å². The van der Waals surface area contributed by atoms with Crippen molar-refractivity contribution >= 4 is 23.2 Å². The zero-order chi connectivity index (χ0) is 19.9. The molecule has 0 aliphatic carbocycles. The van der Waals surface area contributed by atoms with E-state index in [9.17, 15) is 9.59 Å². The standard InChI is InChI=1S/C24H24N2O2/c1-3-22(18-10-5-4-6-11-18)24(28)26-21-14-8-12-19(16-21)23(27)25-20-13-7-9-17(2)15-20/h4-16,22H,3H2,1-2H3,(H,25,27)(H,26,28)/t22-/m1/s1. The highest BCUT2D eigenvalue weighted by atomic mass is 16.2. The first-order valence-corrected chi connectivity index (χ1v) is 9.40. The van der Waals surface area contributed by atoms with Gasteiger partial charge in [0, 0.05) is 16.9 Å². The molecule has 3 rings (SSSR count). The molecule has 0 bridgehead atoms. The molecule has 0 spiro atoms. The predicted molar refractivity (Wildman–Crippen MR) is 114 cm³/mol. The van der Waals surface area contributed by atoms with Gasteiger partial charge < -0.3 is 10.6 Å². The fourth-order valence-electron chi connectivity index (χ4n) is 3.15. The number of hydrogen-bond donors (Lipinski definition) is 2. The molecule has 1 atom stereocenters. The largest absolute Gasteiger partial charge is 0.326 e. The van der Waals surface area contributed by atoms with Crippen molar-refractivity contribution in [1.29, 1.82) is 0 Å². The molecule has 0 heterocycles. The van der Waals surface area contributed by atoms with Gasteiger partial charge in [0.05, 0.1) is 5.92 Å². The number of amides is 2. The molecule has 28 heavy (non-hydrogen) atoms. The Labute approximate surface area is 165 Å². The fraction of sp³-hybridized carbons (Fsp3) is 0.167. The third kappa shape index (κ3) is 4.86. The lowest BCUT2D eigenvalue weighted by Crippen LogP contribution is -2.21. The lowest BCUT2D eigenvalue weighted by atomic mass is 9.95. The molecule has 0 fully saturated rings. The second-order valence-electron chi connectivity index (χ2n) is 6.77. The average molecular weight is 372 g/mol. The number of aryl methyl sites for hydroxylation is 1. The zero-order valence-corrected chi connectivity index (χ0v) is 16.1. The summed E-state index contributed by atoms with van der Waals surface area (Å²) in [7, 11) is 0. The number of anilines is 2. The van der Waals surface area contributed by atoms with Crippen LogP contribution >= 0.6 is 0 Å². The Kier molecular flexibility index (Phi) is 6.22. The minimum absolute atomic E-state index is 0.0788. The van der Waals surface area contributed by atoms with Gasteiger partial charge in [0.1, 0.15) is 0 Å². The Bertz CT molecular complexity index is 967. The summed E-state index contributed by atoms with van der Waals surface area (Å²) in [6.07, 6.45) is 0.698. The lowest BCUT2D eigenvalue weighted by molar-refractivity contribution is -0.117. The van der Waals surface area contributed by atoms with E-state index in [1.54, 1.807) is 24.3 Å². The minimum atomic E-state index is -0.231. The van der Waals surface area contributed by atoms with Gasteiger partial charge in [-0.2, -0.15) is 0 Å². The van der Waals surface area contributed by atoms with E-state index in [4.69, 9.17) is 0 Å². The van der Waals surface area contributed by atoms with Crippen LogP contribution in [0, 0.1) is 6.92 Å². The summed E-state index contributed by atoms with van der Waals surface area (Å²) in [6.45, 7) is 3.96. The van der Waals surface area contributed by atoms with Crippen LogP contribution in [0.4, 0.5) is 11.4 Å². The van der Waals surface area contributed by atoms with Crippen LogP contribution in [0.3, 0.4) is 0 Å². The Morgan fingerprint density at radius 1 is 0.821 bits per heavy atom. The van der Waals surface area contributed by atoms with Gasteiger partial charge in [-0.3, -0.25) is 9.59 Å². The van der Waals surface area contributed by atoms with E-state index in [-0.39, 0.29) is 17.7 Å². The van der Waals surface area contributed by atoms with Crippen molar-refractivity contribution in [2.75, 3.05) is 10.6 Å². The van der Waals surface area contributed by atoms with Gasteiger partial charge in [-0.15, -0.1) is 0 Å². The van der Waals surface area contributed by atoms with Gasteiger partial charge in [0.25, 0.3) is 5.91 Å². The molecule has 2 amide bonds. The Balaban J connectivity index is 1.72. The van der Waals surface area contributed by atoms with Crippen molar-refractivity contribution in [2.24, 2.45) is 0 Å². The summed E-state index contributed by atoms with van der Waals surface area (Å²) in [5.41, 5.74) is 3.90. The van der Waals surface area contributed by atoms with Gasteiger partial charge in [-0.25, -0.2) is 0 Å². The van der Waals surface area contributed by atoms with Crippen LogP contribution in [0.2, 0.25) is 0 Å². The molecule has 0 aliphatic rings. The van der Waals surface area contributed by atoms with Gasteiger partial charge in [-0.1, -0.05) is 55.5 Å². The molecule has 0 aromatic heterocycles. The normalized spacial score (nSPS) is 11.5. The maximum Gasteiger partial charge on any atom is 0.255 e. The van der Waals surface area contributed by atoms with Crippen molar-refractivity contribution in [3.63, 3.8) is 0 Å². The Morgan fingerprint density at radius 2 is 1.50 bits per heavy atom. The third-order valence-corrected chi connectivity index (χ3v) is 4.59. The smallest absolute Gasteiger partial charge is 0.255 e. The maximum atomic E-state index is 12.7. The SMILES string of the molecule is CC[C@@H](C(=O)Nc1cccc(C(=O)Nc2cccc(C)c2)c1)c1ccccc1. The molecule has 142 valence electrons. The molecule has 0 saturated carbocycles. The molecule has 3 aromatic carbocycles. The topological polar surface area (TPSA) is 58.2 Å². The first kappa shape index (κ1) is 19.4. The number of carbonyl (C=O) groups excluding carboxylic acids is 2. The molecule has 4 heteroatoms. The van der Waals surface area contributed by atoms with Crippen LogP contribution in [0.15, 0.2) is 78.9 Å². The molecule has 2 N–H and O–H groups in total. The van der Waals surface area contributed by atoms with Crippen molar-refractivity contribution in [3.05, 3.63) is 95.6 Å². The third-order valence-electron chi connectivity index (χ3n) is 4.59. The van der Waals surface area contributed by atoms with Gasteiger partial charge in [0.2, 0.25) is 5.91 Å². The second-order valence-corrected chi connectivity index (χ2v) is 6.77. The van der Waals surface area contributed by atoms with Crippen molar-refractivity contribution in [1.82, 2.24) is 0 Å². The monoisotopic (exact) mass is 372 g/mol. The number of benzene rings is 3. The maximum absolute atomic E-state index is 12.7. The summed E-state index contributed by atoms with van der Waals surface area (Å²) in [4.78, 5) is 25.3. The number of rotatable bonds is 6. The lowest BCUT2D eigenvalue weighted by Gasteiger charge is -2.16. The van der Waals surface area contributed by atoms with E-state index in [0.29, 0.717) is 17.7 Å². The molecule has 0 aliphatic heterocycles. The summed E-state index contributed by atoms with van der Waals surface area (Å²) >= 11 is 0. The fourth-order valence-corrected chi connectivity index (χ4v) is 3.15. The Morgan fingerprint density at radius 3 is 2.18 bits per heavy atom. The summed E-state index contributed by atoms with van der Waals surface area (Å²) < 4.78 is 0. The van der Waals surface area contributed by atoms with Gasteiger partial charge in [-0.05, 0) is 54.8 Å². The van der Waals surface area contributed by atoms with Crippen LogP contribution in [0.5, 0.6) is 0 Å². The predicted octanol–water partition coefficient (Wildman–Crippen LogP) is 5.38. The number of nitrogens with one attached hydrogen (secondary N) is 2. The van der Waals surface area contributed by atoms with Crippen molar-refractivity contribution < 1.29 is 9.59 Å². The van der Waals surface area contributed by atoms with Crippen LogP contribution < -0.4 is 10.6 Å². The van der Waals surface area contributed by atoms with E-state index >= 15 is 0 Å². The summed E-state index contributed by atoms with van der Waals surface area (Å²) in [5, 5.41) is 5.83. The number of carbonyl (C=O) groups is 2. The highest BCUT2D eigenvalue weighted by Crippen LogP contribution is 2.22. The molecule has 3 aromatic rings. The van der Waals surface area contributed by atoms with Crippen molar-refractivity contribution in [2.45, 2.75) is 26.2 Å². The zero-order valence-electron chi connectivity index (χ0n) is 16.1. The molecule has 0 radical (unpaired) electrons. The molecular weight excluding hydrogens is 348 g/mol. The Hall–Kier alpha value is -3.40. The van der Waals surface area contributed by atoms with E-state index < -0.39 is 0 Å². The molecule has 4 nitrogen and oxygen atoms in total. The van der Waals surface area contributed by atoms with Gasteiger partial charge in [0.15, 0.2) is 0 Å². The van der Waals surface area contributed by atoms with Crippen LogP contribution in [-0.2, 0) is 4.79 Å².